The fourth-order valence-electron chi connectivity index (χ4n) is 2.89. The van der Waals surface area contributed by atoms with Crippen LogP contribution in [0.3, 0.4) is 0 Å². The Labute approximate surface area is 140 Å². The van der Waals surface area contributed by atoms with Crippen molar-refractivity contribution in [3.8, 4) is 5.75 Å². The number of hydrogen-bond acceptors (Lipinski definition) is 6. The van der Waals surface area contributed by atoms with E-state index >= 15 is 0 Å². The molecule has 0 bridgehead atoms. The summed E-state index contributed by atoms with van der Waals surface area (Å²) in [6.45, 7) is 2.77. The second-order valence-corrected chi connectivity index (χ2v) is 5.84. The third-order valence-electron chi connectivity index (χ3n) is 4.23. The van der Waals surface area contributed by atoms with Crippen LogP contribution in [0.15, 0.2) is 42.6 Å². The first kappa shape index (κ1) is 16.0. The molecule has 1 aromatic carbocycles. The van der Waals surface area contributed by atoms with Gasteiger partial charge in [-0.2, -0.15) is 0 Å². The lowest BCUT2D eigenvalue weighted by atomic mass is 10.1. The third-order valence-corrected chi connectivity index (χ3v) is 4.23. The van der Waals surface area contributed by atoms with E-state index in [1.165, 1.54) is 18.0 Å². The first-order valence-electron chi connectivity index (χ1n) is 7.89. The average molecular weight is 328 g/mol. The van der Waals surface area contributed by atoms with E-state index in [0.717, 1.165) is 31.8 Å². The van der Waals surface area contributed by atoms with Crippen LogP contribution in [0.1, 0.15) is 6.42 Å². The topological polar surface area (TPSA) is 80.5 Å². The minimum absolute atomic E-state index is 0.00520. The first-order chi connectivity index (χ1) is 11.7. The number of nitrogens with one attached hydrogen (secondary N) is 1. The summed E-state index contributed by atoms with van der Waals surface area (Å²) in [6.07, 6.45) is 2.37. The lowest BCUT2D eigenvalue weighted by Gasteiger charge is -2.19. The highest BCUT2D eigenvalue weighted by atomic mass is 16.6. The van der Waals surface area contributed by atoms with E-state index in [0.29, 0.717) is 11.7 Å². The number of anilines is 2. The van der Waals surface area contributed by atoms with Gasteiger partial charge in [0.15, 0.2) is 0 Å². The van der Waals surface area contributed by atoms with Gasteiger partial charge in [-0.05, 0) is 30.5 Å². The molecule has 1 atom stereocenters. The molecule has 1 N–H and O–H groups in total. The maximum absolute atomic E-state index is 10.6. The minimum Gasteiger partial charge on any atom is -0.497 e. The maximum Gasteiger partial charge on any atom is 0.287 e. The molecule has 7 nitrogen and oxygen atoms in total. The number of pyridine rings is 1. The second kappa shape index (κ2) is 7.16. The smallest absolute Gasteiger partial charge is 0.287 e. The van der Waals surface area contributed by atoms with Crippen molar-refractivity contribution in [2.45, 2.75) is 6.42 Å². The molecular formula is C17H20N4O3. The molecule has 0 spiro atoms. The minimum atomic E-state index is -0.445. The van der Waals surface area contributed by atoms with Gasteiger partial charge in [0, 0.05) is 37.5 Å². The zero-order valence-electron chi connectivity index (χ0n) is 13.5. The highest BCUT2D eigenvalue weighted by Crippen LogP contribution is 2.27. The number of hydrogen-bond donors (Lipinski definition) is 1. The Balaban J connectivity index is 1.53. The standard InChI is InChI=1S/C17H20N4O3/c1-24-16-4-2-3-14(9-16)20-8-7-13(12-20)10-18-17-6-5-15(11-19-17)21(22)23/h2-6,9,11,13H,7-8,10,12H2,1H3,(H,18,19). The summed E-state index contributed by atoms with van der Waals surface area (Å²) in [4.78, 5) is 16.6. The van der Waals surface area contributed by atoms with Crippen molar-refractivity contribution in [3.05, 3.63) is 52.7 Å². The monoisotopic (exact) mass is 328 g/mol. The molecule has 3 rings (SSSR count). The van der Waals surface area contributed by atoms with Gasteiger partial charge < -0.3 is 15.0 Å². The lowest BCUT2D eigenvalue weighted by Crippen LogP contribution is -2.22. The summed E-state index contributed by atoms with van der Waals surface area (Å²) in [6, 6.07) is 11.2. The summed E-state index contributed by atoms with van der Waals surface area (Å²) in [5.41, 5.74) is 1.18. The number of methoxy groups -OCH3 is 1. The Morgan fingerprint density at radius 1 is 1.42 bits per heavy atom. The fourth-order valence-corrected chi connectivity index (χ4v) is 2.89. The molecule has 126 valence electrons. The number of benzene rings is 1. The van der Waals surface area contributed by atoms with Crippen molar-refractivity contribution < 1.29 is 9.66 Å². The molecule has 7 heteroatoms. The molecule has 1 aliphatic rings. The van der Waals surface area contributed by atoms with Crippen LogP contribution >= 0.6 is 0 Å². The van der Waals surface area contributed by atoms with E-state index < -0.39 is 4.92 Å². The van der Waals surface area contributed by atoms with Crippen molar-refractivity contribution in [2.75, 3.05) is 37.0 Å². The van der Waals surface area contributed by atoms with E-state index in [2.05, 4.69) is 21.3 Å². The molecule has 1 aliphatic heterocycles. The Hall–Kier alpha value is -2.83. The fraction of sp³-hybridized carbons (Fsp3) is 0.353. The van der Waals surface area contributed by atoms with Crippen LogP contribution in [0.5, 0.6) is 5.75 Å². The highest BCUT2D eigenvalue weighted by Gasteiger charge is 2.23. The Morgan fingerprint density at radius 2 is 2.29 bits per heavy atom. The van der Waals surface area contributed by atoms with E-state index in [1.54, 1.807) is 13.2 Å². The van der Waals surface area contributed by atoms with E-state index in [1.807, 2.05) is 18.2 Å². The quantitative estimate of drug-likeness (QED) is 0.649. The predicted molar refractivity (Wildman–Crippen MR) is 92.7 cm³/mol. The molecular weight excluding hydrogens is 308 g/mol. The Kier molecular flexibility index (Phi) is 4.79. The van der Waals surface area contributed by atoms with E-state index in [4.69, 9.17) is 4.74 Å². The van der Waals surface area contributed by atoms with Gasteiger partial charge in [0.1, 0.15) is 17.8 Å². The van der Waals surface area contributed by atoms with Gasteiger partial charge in [-0.15, -0.1) is 0 Å². The van der Waals surface area contributed by atoms with Crippen molar-refractivity contribution in [1.82, 2.24) is 4.98 Å². The molecule has 0 saturated carbocycles. The molecule has 1 saturated heterocycles. The molecule has 0 aliphatic carbocycles. The molecule has 2 aromatic rings. The zero-order chi connectivity index (χ0) is 16.9. The Morgan fingerprint density at radius 3 is 3.00 bits per heavy atom. The van der Waals surface area contributed by atoms with Crippen LogP contribution in [0.2, 0.25) is 0 Å². The number of nitrogens with zero attached hydrogens (tertiary/aromatic N) is 3. The van der Waals surface area contributed by atoms with Gasteiger partial charge in [0.05, 0.1) is 12.0 Å². The largest absolute Gasteiger partial charge is 0.497 e. The Bertz CT molecular complexity index is 705. The van der Waals surface area contributed by atoms with Crippen molar-refractivity contribution >= 4 is 17.2 Å². The number of ether oxygens (including phenoxy) is 1. The number of nitro groups is 1. The van der Waals surface area contributed by atoms with Gasteiger partial charge in [0.25, 0.3) is 5.69 Å². The second-order valence-electron chi connectivity index (χ2n) is 5.84. The highest BCUT2D eigenvalue weighted by molar-refractivity contribution is 5.51. The van der Waals surface area contributed by atoms with Gasteiger partial charge in [-0.25, -0.2) is 4.98 Å². The van der Waals surface area contributed by atoms with Gasteiger partial charge >= 0.3 is 0 Å². The molecule has 24 heavy (non-hydrogen) atoms. The first-order valence-corrected chi connectivity index (χ1v) is 7.89. The van der Waals surface area contributed by atoms with Gasteiger partial charge in [-0.3, -0.25) is 10.1 Å². The summed E-state index contributed by atoms with van der Waals surface area (Å²) >= 11 is 0. The zero-order valence-corrected chi connectivity index (χ0v) is 13.5. The average Bonchev–Trinajstić information content (AvgIpc) is 3.09. The van der Waals surface area contributed by atoms with Crippen molar-refractivity contribution in [3.63, 3.8) is 0 Å². The molecule has 1 aromatic heterocycles. The van der Waals surface area contributed by atoms with Crippen molar-refractivity contribution in [2.24, 2.45) is 5.92 Å². The van der Waals surface area contributed by atoms with Gasteiger partial charge in [0.2, 0.25) is 0 Å². The van der Waals surface area contributed by atoms with Crippen LogP contribution in [-0.2, 0) is 0 Å². The molecule has 2 heterocycles. The predicted octanol–water partition coefficient (Wildman–Crippen LogP) is 2.94. The lowest BCUT2D eigenvalue weighted by molar-refractivity contribution is -0.385. The normalized spacial score (nSPS) is 16.9. The summed E-state index contributed by atoms with van der Waals surface area (Å²) < 4.78 is 5.28. The molecule has 1 unspecified atom stereocenters. The third kappa shape index (κ3) is 3.73. The van der Waals surface area contributed by atoms with Crippen molar-refractivity contribution in [1.29, 1.82) is 0 Å². The number of aromatic nitrogens is 1. The molecule has 0 radical (unpaired) electrons. The van der Waals surface area contributed by atoms with E-state index in [-0.39, 0.29) is 5.69 Å². The van der Waals surface area contributed by atoms with Crippen LogP contribution in [-0.4, -0.2) is 36.7 Å². The SMILES string of the molecule is COc1cccc(N2CCC(CNc3ccc([N+](=O)[O-])cn3)C2)c1. The van der Waals surface area contributed by atoms with Gasteiger partial charge in [-0.1, -0.05) is 6.07 Å². The summed E-state index contributed by atoms with van der Waals surface area (Å²) in [5, 5.41) is 13.9. The number of rotatable bonds is 6. The molecule has 1 fully saturated rings. The van der Waals surface area contributed by atoms with Crippen LogP contribution in [0, 0.1) is 16.0 Å². The summed E-state index contributed by atoms with van der Waals surface area (Å²) in [7, 11) is 1.67. The van der Waals surface area contributed by atoms with Crippen LogP contribution < -0.4 is 15.0 Å². The maximum atomic E-state index is 10.6. The van der Waals surface area contributed by atoms with Crippen LogP contribution in [0.25, 0.3) is 0 Å². The van der Waals surface area contributed by atoms with E-state index in [9.17, 15) is 10.1 Å². The van der Waals surface area contributed by atoms with Crippen LogP contribution in [0.4, 0.5) is 17.2 Å². The molecule has 0 amide bonds. The summed E-state index contributed by atoms with van der Waals surface area (Å²) in [5.74, 6) is 2.04.